The second-order valence-corrected chi connectivity index (χ2v) is 6.44. The van der Waals surface area contributed by atoms with Gasteiger partial charge in [0.2, 0.25) is 0 Å². The number of amides is 2. The number of anilines is 2. The van der Waals surface area contributed by atoms with Gasteiger partial charge in [0.1, 0.15) is 0 Å². The second kappa shape index (κ2) is 6.57. The highest BCUT2D eigenvalue weighted by atomic mass is 16.3. The van der Waals surface area contributed by atoms with E-state index in [-0.39, 0.29) is 12.6 Å². The SMILES string of the molecule is O=C(Nc1ccccc1N1CCCC1)NC1(CO)CCCC1. The highest BCUT2D eigenvalue weighted by Gasteiger charge is 2.34. The molecular formula is C17H25N3O2. The van der Waals surface area contributed by atoms with E-state index in [0.717, 1.165) is 50.1 Å². The van der Waals surface area contributed by atoms with Crippen molar-refractivity contribution in [3.05, 3.63) is 24.3 Å². The van der Waals surface area contributed by atoms with Crippen LogP contribution < -0.4 is 15.5 Å². The van der Waals surface area contributed by atoms with Gasteiger partial charge < -0.3 is 20.6 Å². The maximum atomic E-state index is 12.3. The normalized spacial score (nSPS) is 20.1. The fraction of sp³-hybridized carbons (Fsp3) is 0.588. The number of aliphatic hydroxyl groups is 1. The molecule has 2 aliphatic rings. The first-order valence-electron chi connectivity index (χ1n) is 8.26. The number of rotatable bonds is 4. The van der Waals surface area contributed by atoms with Crippen LogP contribution in [0.15, 0.2) is 24.3 Å². The molecule has 1 aromatic rings. The smallest absolute Gasteiger partial charge is 0.319 e. The van der Waals surface area contributed by atoms with Crippen LogP contribution >= 0.6 is 0 Å². The molecule has 5 nitrogen and oxygen atoms in total. The Labute approximate surface area is 131 Å². The Kier molecular flexibility index (Phi) is 4.52. The maximum absolute atomic E-state index is 12.3. The number of hydrogen-bond donors (Lipinski definition) is 3. The standard InChI is InChI=1S/C17H25N3O2/c21-13-17(9-3-4-10-17)19-16(22)18-14-7-1-2-8-15(14)20-11-5-6-12-20/h1-2,7-8,21H,3-6,9-13H2,(H2,18,19,22). The Morgan fingerprint density at radius 3 is 2.50 bits per heavy atom. The van der Waals surface area contributed by atoms with Gasteiger partial charge in [-0.25, -0.2) is 4.79 Å². The topological polar surface area (TPSA) is 64.6 Å². The molecule has 120 valence electrons. The van der Waals surface area contributed by atoms with Gasteiger partial charge in [-0.05, 0) is 37.8 Å². The zero-order valence-corrected chi connectivity index (χ0v) is 13.0. The van der Waals surface area contributed by atoms with E-state index >= 15 is 0 Å². The van der Waals surface area contributed by atoms with Crippen LogP contribution in [0.3, 0.4) is 0 Å². The van der Waals surface area contributed by atoms with Crippen molar-refractivity contribution in [2.24, 2.45) is 0 Å². The molecule has 2 fully saturated rings. The average molecular weight is 303 g/mol. The number of carbonyl (C=O) groups is 1. The van der Waals surface area contributed by atoms with Crippen molar-refractivity contribution >= 4 is 17.4 Å². The van der Waals surface area contributed by atoms with Crippen molar-refractivity contribution in [2.75, 3.05) is 29.9 Å². The van der Waals surface area contributed by atoms with Gasteiger partial charge in [-0.15, -0.1) is 0 Å². The van der Waals surface area contributed by atoms with Gasteiger partial charge in [0.15, 0.2) is 0 Å². The van der Waals surface area contributed by atoms with Crippen molar-refractivity contribution in [1.82, 2.24) is 5.32 Å². The molecule has 0 radical (unpaired) electrons. The minimum atomic E-state index is -0.438. The molecule has 22 heavy (non-hydrogen) atoms. The van der Waals surface area contributed by atoms with Crippen molar-refractivity contribution in [1.29, 1.82) is 0 Å². The molecule has 1 saturated heterocycles. The van der Waals surface area contributed by atoms with Gasteiger partial charge in [-0.3, -0.25) is 0 Å². The van der Waals surface area contributed by atoms with Crippen molar-refractivity contribution in [2.45, 2.75) is 44.1 Å². The number of para-hydroxylation sites is 2. The lowest BCUT2D eigenvalue weighted by molar-refractivity contribution is 0.167. The fourth-order valence-corrected chi connectivity index (χ4v) is 3.58. The van der Waals surface area contributed by atoms with E-state index < -0.39 is 5.54 Å². The third-order valence-corrected chi connectivity index (χ3v) is 4.84. The van der Waals surface area contributed by atoms with Crippen molar-refractivity contribution in [3.63, 3.8) is 0 Å². The summed E-state index contributed by atoms with van der Waals surface area (Å²) in [4.78, 5) is 14.7. The van der Waals surface area contributed by atoms with Crippen LogP contribution in [0.4, 0.5) is 16.2 Å². The molecule has 0 bridgehead atoms. The summed E-state index contributed by atoms with van der Waals surface area (Å²) in [7, 11) is 0. The van der Waals surface area contributed by atoms with E-state index in [2.05, 4.69) is 21.6 Å². The molecule has 3 rings (SSSR count). The lowest BCUT2D eigenvalue weighted by Crippen LogP contribution is -2.50. The molecule has 0 unspecified atom stereocenters. The number of hydrogen-bond acceptors (Lipinski definition) is 3. The first-order chi connectivity index (χ1) is 10.7. The molecule has 1 aromatic carbocycles. The predicted octanol–water partition coefficient (Wildman–Crippen LogP) is 2.71. The van der Waals surface area contributed by atoms with Crippen molar-refractivity contribution < 1.29 is 9.90 Å². The van der Waals surface area contributed by atoms with Crippen LogP contribution in [-0.4, -0.2) is 36.4 Å². The molecule has 0 spiro atoms. The molecule has 1 aliphatic carbocycles. The number of urea groups is 1. The minimum absolute atomic E-state index is 0.00813. The predicted molar refractivity (Wildman–Crippen MR) is 88.3 cm³/mol. The molecule has 2 amide bonds. The summed E-state index contributed by atoms with van der Waals surface area (Å²) < 4.78 is 0. The Balaban J connectivity index is 1.68. The third-order valence-electron chi connectivity index (χ3n) is 4.84. The highest BCUT2D eigenvalue weighted by Crippen LogP contribution is 2.31. The summed E-state index contributed by atoms with van der Waals surface area (Å²) in [6, 6.07) is 7.71. The lowest BCUT2D eigenvalue weighted by atomic mass is 9.99. The Morgan fingerprint density at radius 2 is 1.82 bits per heavy atom. The first-order valence-corrected chi connectivity index (χ1v) is 8.26. The highest BCUT2D eigenvalue weighted by molar-refractivity contribution is 5.93. The van der Waals surface area contributed by atoms with Crippen molar-refractivity contribution in [3.8, 4) is 0 Å². The van der Waals surface area contributed by atoms with E-state index in [1.165, 1.54) is 12.8 Å². The molecule has 1 saturated carbocycles. The number of nitrogens with one attached hydrogen (secondary N) is 2. The minimum Gasteiger partial charge on any atom is -0.394 e. The Hall–Kier alpha value is -1.75. The Bertz CT molecular complexity index is 520. The molecule has 0 atom stereocenters. The van der Waals surface area contributed by atoms with E-state index in [0.29, 0.717) is 0 Å². The number of carbonyl (C=O) groups excluding carboxylic acids is 1. The van der Waals surface area contributed by atoms with Crippen LogP contribution in [0.5, 0.6) is 0 Å². The van der Waals surface area contributed by atoms with Gasteiger partial charge in [-0.2, -0.15) is 0 Å². The number of aliphatic hydroxyl groups excluding tert-OH is 1. The van der Waals surface area contributed by atoms with Crippen LogP contribution in [0.2, 0.25) is 0 Å². The molecular weight excluding hydrogens is 278 g/mol. The molecule has 1 heterocycles. The Morgan fingerprint density at radius 1 is 1.14 bits per heavy atom. The van der Waals surface area contributed by atoms with Crippen LogP contribution in [-0.2, 0) is 0 Å². The van der Waals surface area contributed by atoms with Gasteiger partial charge in [0, 0.05) is 13.1 Å². The summed E-state index contributed by atoms with van der Waals surface area (Å²) in [5, 5.41) is 15.6. The number of nitrogens with zero attached hydrogens (tertiary/aromatic N) is 1. The van der Waals surface area contributed by atoms with Gasteiger partial charge >= 0.3 is 6.03 Å². The third kappa shape index (κ3) is 3.19. The van der Waals surface area contributed by atoms with Gasteiger partial charge in [0.25, 0.3) is 0 Å². The average Bonchev–Trinajstić information content (AvgIpc) is 3.19. The largest absolute Gasteiger partial charge is 0.394 e. The summed E-state index contributed by atoms with van der Waals surface area (Å²) >= 11 is 0. The monoisotopic (exact) mass is 303 g/mol. The molecule has 3 N–H and O–H groups in total. The van der Waals surface area contributed by atoms with Gasteiger partial charge in [-0.1, -0.05) is 25.0 Å². The summed E-state index contributed by atoms with van der Waals surface area (Å²) in [5.74, 6) is 0. The fourth-order valence-electron chi connectivity index (χ4n) is 3.58. The van der Waals surface area contributed by atoms with E-state index in [1.54, 1.807) is 0 Å². The lowest BCUT2D eigenvalue weighted by Gasteiger charge is -2.28. The van der Waals surface area contributed by atoms with E-state index in [4.69, 9.17) is 0 Å². The summed E-state index contributed by atoms with van der Waals surface area (Å²) in [5.41, 5.74) is 1.49. The summed E-state index contributed by atoms with van der Waals surface area (Å²) in [6.45, 7) is 2.09. The van der Waals surface area contributed by atoms with Crippen LogP contribution in [0.25, 0.3) is 0 Å². The van der Waals surface area contributed by atoms with E-state index in [1.807, 2.05) is 18.2 Å². The number of benzene rings is 1. The maximum Gasteiger partial charge on any atom is 0.319 e. The van der Waals surface area contributed by atoms with Crippen LogP contribution in [0.1, 0.15) is 38.5 Å². The van der Waals surface area contributed by atoms with Crippen LogP contribution in [0, 0.1) is 0 Å². The first kappa shape index (κ1) is 15.2. The second-order valence-electron chi connectivity index (χ2n) is 6.44. The zero-order valence-electron chi connectivity index (χ0n) is 13.0. The quantitative estimate of drug-likeness (QED) is 0.801. The van der Waals surface area contributed by atoms with E-state index in [9.17, 15) is 9.90 Å². The molecule has 0 aromatic heterocycles. The molecule has 1 aliphatic heterocycles. The molecule has 5 heteroatoms. The van der Waals surface area contributed by atoms with Gasteiger partial charge in [0.05, 0.1) is 23.5 Å². The summed E-state index contributed by atoms with van der Waals surface area (Å²) in [6.07, 6.45) is 6.23. The zero-order chi connectivity index (χ0) is 15.4.